The molecule has 96 valence electrons. The van der Waals surface area contributed by atoms with Gasteiger partial charge in [0.15, 0.2) is 0 Å². The van der Waals surface area contributed by atoms with Crippen LogP contribution in [0, 0.1) is 5.92 Å². The Morgan fingerprint density at radius 3 is 2.94 bits per heavy atom. The lowest BCUT2D eigenvalue weighted by atomic mass is 9.96. The summed E-state index contributed by atoms with van der Waals surface area (Å²) in [7, 11) is 0. The van der Waals surface area contributed by atoms with Crippen LogP contribution in [0.1, 0.15) is 36.8 Å². The van der Waals surface area contributed by atoms with E-state index >= 15 is 0 Å². The third-order valence-electron chi connectivity index (χ3n) is 4.13. The van der Waals surface area contributed by atoms with Gasteiger partial charge in [-0.1, -0.05) is 18.2 Å². The first-order chi connectivity index (χ1) is 8.66. The Kier molecular flexibility index (Phi) is 2.77. The first kappa shape index (κ1) is 11.6. The van der Waals surface area contributed by atoms with Crippen molar-refractivity contribution in [1.82, 2.24) is 0 Å². The summed E-state index contributed by atoms with van der Waals surface area (Å²) in [5.41, 5.74) is 3.51. The lowest BCUT2D eigenvalue weighted by Crippen LogP contribution is -2.25. The molecule has 1 atom stereocenters. The standard InChI is InChI=1S/C15H19NO2/c1-10(15(17)18)13-4-2-3-12-7-8-16(14(12)13)9-11-5-6-11/h2-4,10-11H,5-9H2,1H3,(H,17,18). The van der Waals surface area contributed by atoms with Crippen LogP contribution in [0.25, 0.3) is 0 Å². The average Bonchev–Trinajstić information content (AvgIpc) is 3.08. The highest BCUT2D eigenvalue weighted by molar-refractivity contribution is 5.80. The summed E-state index contributed by atoms with van der Waals surface area (Å²) >= 11 is 0. The molecule has 1 aromatic rings. The average molecular weight is 245 g/mol. The van der Waals surface area contributed by atoms with Crippen molar-refractivity contribution in [3.8, 4) is 0 Å². The Bertz CT molecular complexity index is 479. The van der Waals surface area contributed by atoms with Gasteiger partial charge < -0.3 is 10.0 Å². The van der Waals surface area contributed by atoms with Crippen molar-refractivity contribution in [3.63, 3.8) is 0 Å². The summed E-state index contributed by atoms with van der Waals surface area (Å²) in [5, 5.41) is 9.23. The molecule has 0 saturated heterocycles. The minimum Gasteiger partial charge on any atom is -0.481 e. The number of nitrogens with zero attached hydrogens (tertiary/aromatic N) is 1. The van der Waals surface area contributed by atoms with Gasteiger partial charge in [0.25, 0.3) is 0 Å². The minimum atomic E-state index is -0.735. The molecular formula is C15H19NO2. The molecule has 1 aromatic carbocycles. The van der Waals surface area contributed by atoms with E-state index in [0.717, 1.165) is 31.0 Å². The molecule has 0 aromatic heterocycles. The number of aliphatic carboxylic acids is 1. The van der Waals surface area contributed by atoms with E-state index in [1.54, 1.807) is 6.92 Å². The molecule has 1 saturated carbocycles. The Labute approximate surface area is 107 Å². The SMILES string of the molecule is CC(C(=O)O)c1cccc2c1N(CC1CC1)CC2. The van der Waals surface area contributed by atoms with E-state index in [0.29, 0.717) is 0 Å². The zero-order valence-electron chi connectivity index (χ0n) is 10.7. The molecule has 3 heteroatoms. The molecule has 2 aliphatic rings. The number of fused-ring (bicyclic) bond motifs is 1. The van der Waals surface area contributed by atoms with Gasteiger partial charge in [-0.15, -0.1) is 0 Å². The van der Waals surface area contributed by atoms with Crippen molar-refractivity contribution in [1.29, 1.82) is 0 Å². The molecule has 1 unspecified atom stereocenters. The van der Waals surface area contributed by atoms with Crippen molar-refractivity contribution < 1.29 is 9.90 Å². The minimum absolute atomic E-state index is 0.417. The van der Waals surface area contributed by atoms with E-state index in [-0.39, 0.29) is 0 Å². The van der Waals surface area contributed by atoms with Crippen LogP contribution in [-0.2, 0) is 11.2 Å². The van der Waals surface area contributed by atoms with Gasteiger partial charge in [-0.05, 0) is 43.2 Å². The summed E-state index contributed by atoms with van der Waals surface area (Å²) in [4.78, 5) is 13.6. The fourth-order valence-corrected chi connectivity index (χ4v) is 2.84. The van der Waals surface area contributed by atoms with Crippen LogP contribution in [0.4, 0.5) is 5.69 Å². The van der Waals surface area contributed by atoms with E-state index in [9.17, 15) is 9.90 Å². The van der Waals surface area contributed by atoms with Crippen LogP contribution in [0.5, 0.6) is 0 Å². The Balaban J connectivity index is 1.95. The van der Waals surface area contributed by atoms with E-state index in [1.807, 2.05) is 12.1 Å². The van der Waals surface area contributed by atoms with Crippen molar-refractivity contribution in [2.24, 2.45) is 5.92 Å². The monoisotopic (exact) mass is 245 g/mol. The number of rotatable bonds is 4. The second-order valence-electron chi connectivity index (χ2n) is 5.55. The number of carboxylic acids is 1. The fraction of sp³-hybridized carbons (Fsp3) is 0.533. The quantitative estimate of drug-likeness (QED) is 0.886. The first-order valence-corrected chi connectivity index (χ1v) is 6.76. The number of carbonyl (C=O) groups is 1. The smallest absolute Gasteiger partial charge is 0.310 e. The van der Waals surface area contributed by atoms with E-state index in [2.05, 4.69) is 11.0 Å². The highest BCUT2D eigenvalue weighted by atomic mass is 16.4. The Hall–Kier alpha value is -1.51. The summed E-state index contributed by atoms with van der Waals surface area (Å²) in [6.07, 6.45) is 3.73. The normalized spacial score (nSPS) is 19.7. The molecule has 1 fully saturated rings. The van der Waals surface area contributed by atoms with E-state index in [1.165, 1.54) is 24.1 Å². The molecule has 0 radical (unpaired) electrons. The Morgan fingerprint density at radius 2 is 2.28 bits per heavy atom. The van der Waals surface area contributed by atoms with Crippen molar-refractivity contribution in [2.75, 3.05) is 18.0 Å². The maximum Gasteiger partial charge on any atom is 0.310 e. The van der Waals surface area contributed by atoms with Crippen molar-refractivity contribution in [3.05, 3.63) is 29.3 Å². The number of benzene rings is 1. The molecule has 1 heterocycles. The largest absolute Gasteiger partial charge is 0.481 e. The highest BCUT2D eigenvalue weighted by Gasteiger charge is 2.31. The Morgan fingerprint density at radius 1 is 1.50 bits per heavy atom. The summed E-state index contributed by atoms with van der Waals surface area (Å²) in [6, 6.07) is 6.11. The lowest BCUT2D eigenvalue weighted by Gasteiger charge is -2.23. The van der Waals surface area contributed by atoms with Gasteiger partial charge in [-0.25, -0.2) is 0 Å². The first-order valence-electron chi connectivity index (χ1n) is 6.76. The predicted molar refractivity (Wildman–Crippen MR) is 71.1 cm³/mol. The van der Waals surface area contributed by atoms with Crippen LogP contribution < -0.4 is 4.90 Å². The zero-order chi connectivity index (χ0) is 12.7. The molecule has 3 nitrogen and oxygen atoms in total. The molecule has 0 bridgehead atoms. The summed E-state index contributed by atoms with van der Waals surface area (Å²) in [6.45, 7) is 3.94. The number of anilines is 1. The fourth-order valence-electron chi connectivity index (χ4n) is 2.84. The van der Waals surface area contributed by atoms with Gasteiger partial charge in [-0.2, -0.15) is 0 Å². The van der Waals surface area contributed by atoms with E-state index in [4.69, 9.17) is 0 Å². The van der Waals surface area contributed by atoms with Crippen molar-refractivity contribution >= 4 is 11.7 Å². The number of hydrogen-bond donors (Lipinski definition) is 1. The highest BCUT2D eigenvalue weighted by Crippen LogP contribution is 2.39. The molecule has 1 aliphatic heterocycles. The second kappa shape index (κ2) is 4.30. The predicted octanol–water partition coefficient (Wildman–Crippen LogP) is 2.65. The van der Waals surface area contributed by atoms with E-state index < -0.39 is 11.9 Å². The number of hydrogen-bond acceptors (Lipinski definition) is 2. The van der Waals surface area contributed by atoms with Gasteiger partial charge >= 0.3 is 5.97 Å². The van der Waals surface area contributed by atoms with Gasteiger partial charge in [0, 0.05) is 18.8 Å². The number of carboxylic acid groups (broad SMARTS) is 1. The third kappa shape index (κ3) is 1.98. The summed E-state index contributed by atoms with van der Waals surface area (Å²) < 4.78 is 0. The summed E-state index contributed by atoms with van der Waals surface area (Å²) in [5.74, 6) is -0.314. The zero-order valence-corrected chi connectivity index (χ0v) is 10.7. The molecular weight excluding hydrogens is 226 g/mol. The van der Waals surface area contributed by atoms with Gasteiger partial charge in [0.1, 0.15) is 0 Å². The van der Waals surface area contributed by atoms with Gasteiger partial charge in [0.2, 0.25) is 0 Å². The molecule has 0 amide bonds. The van der Waals surface area contributed by atoms with Crippen molar-refractivity contribution in [2.45, 2.75) is 32.1 Å². The molecule has 1 aliphatic carbocycles. The van der Waals surface area contributed by atoms with Gasteiger partial charge in [-0.3, -0.25) is 4.79 Å². The molecule has 0 spiro atoms. The van der Waals surface area contributed by atoms with Crippen LogP contribution in [0.3, 0.4) is 0 Å². The van der Waals surface area contributed by atoms with Crippen LogP contribution in [-0.4, -0.2) is 24.2 Å². The third-order valence-corrected chi connectivity index (χ3v) is 4.13. The van der Waals surface area contributed by atoms with Crippen LogP contribution in [0.15, 0.2) is 18.2 Å². The topological polar surface area (TPSA) is 40.5 Å². The maximum absolute atomic E-state index is 11.2. The maximum atomic E-state index is 11.2. The molecule has 1 N–H and O–H groups in total. The molecule has 3 rings (SSSR count). The second-order valence-corrected chi connectivity index (χ2v) is 5.55. The van der Waals surface area contributed by atoms with Gasteiger partial charge in [0.05, 0.1) is 5.92 Å². The van der Waals surface area contributed by atoms with Crippen LogP contribution >= 0.6 is 0 Å². The molecule has 18 heavy (non-hydrogen) atoms. The van der Waals surface area contributed by atoms with Crippen LogP contribution in [0.2, 0.25) is 0 Å². The number of para-hydroxylation sites is 1. The lowest BCUT2D eigenvalue weighted by molar-refractivity contribution is -0.138.